The fraction of sp³-hybridized carbons (Fsp3) is 0.174. The maximum atomic E-state index is 12.4. The molecule has 0 aliphatic heterocycles. The number of fused-ring (bicyclic) bond motifs is 1. The van der Waals surface area contributed by atoms with Crippen LogP contribution < -0.4 is 5.56 Å². The van der Waals surface area contributed by atoms with Crippen LogP contribution in [0.25, 0.3) is 22.2 Å². The molecule has 0 aliphatic carbocycles. The third-order valence-electron chi connectivity index (χ3n) is 5.07. The number of carboxylic acids is 1. The van der Waals surface area contributed by atoms with Gasteiger partial charge in [0.05, 0.1) is 12.2 Å². The number of rotatable bonds is 5. The van der Waals surface area contributed by atoms with Gasteiger partial charge in [-0.15, -0.1) is 0 Å². The Morgan fingerprint density at radius 3 is 2.52 bits per heavy atom. The minimum absolute atomic E-state index is 0.130. The van der Waals surface area contributed by atoms with Gasteiger partial charge in [-0.1, -0.05) is 42.0 Å². The Kier molecular flexibility index (Phi) is 4.76. The lowest BCUT2D eigenvalue weighted by atomic mass is 10.1. The van der Waals surface area contributed by atoms with Crippen LogP contribution in [0.2, 0.25) is 0 Å². The van der Waals surface area contributed by atoms with Crippen molar-refractivity contribution in [2.24, 2.45) is 0 Å². The first kappa shape index (κ1) is 18.7. The van der Waals surface area contributed by atoms with Crippen molar-refractivity contribution >= 4 is 16.9 Å². The third-order valence-corrected chi connectivity index (χ3v) is 5.07. The Hall–Kier alpha value is -3.67. The molecule has 0 radical (unpaired) electrons. The van der Waals surface area contributed by atoms with E-state index < -0.39 is 5.97 Å². The summed E-state index contributed by atoms with van der Waals surface area (Å²) in [6, 6.07) is 18.8. The number of hydrogen-bond acceptors (Lipinski definition) is 3. The summed E-state index contributed by atoms with van der Waals surface area (Å²) in [5.41, 5.74) is 5.03. The highest BCUT2D eigenvalue weighted by atomic mass is 16.4. The lowest BCUT2D eigenvalue weighted by molar-refractivity contribution is -0.137. The fourth-order valence-corrected chi connectivity index (χ4v) is 3.71. The van der Waals surface area contributed by atoms with Crippen molar-refractivity contribution < 1.29 is 9.90 Å². The smallest absolute Gasteiger partial charge is 0.323 e. The predicted molar refractivity (Wildman–Crippen MR) is 112 cm³/mol. The van der Waals surface area contributed by atoms with E-state index in [1.54, 1.807) is 10.6 Å². The standard InChI is InChI=1S/C23H21N3O3/c1-15-8-10-20-18(12-15)23(16(2)25(20)14-22(28)29)19-9-11-21(27)26(24-19)13-17-6-4-3-5-7-17/h3-12H,13-14H2,1-2H3,(H,28,29). The zero-order valence-corrected chi connectivity index (χ0v) is 16.3. The molecule has 146 valence electrons. The van der Waals surface area contributed by atoms with Gasteiger partial charge in [-0.3, -0.25) is 9.59 Å². The Balaban J connectivity index is 1.90. The van der Waals surface area contributed by atoms with Gasteiger partial charge in [-0.2, -0.15) is 5.10 Å². The minimum atomic E-state index is -0.904. The van der Waals surface area contributed by atoms with Crippen molar-refractivity contribution in [2.45, 2.75) is 26.9 Å². The molecule has 2 aromatic carbocycles. The molecule has 0 amide bonds. The summed E-state index contributed by atoms with van der Waals surface area (Å²) in [4.78, 5) is 23.8. The second-order valence-electron chi connectivity index (χ2n) is 7.16. The van der Waals surface area contributed by atoms with Crippen LogP contribution in [0, 0.1) is 13.8 Å². The Morgan fingerprint density at radius 2 is 1.79 bits per heavy atom. The molecule has 0 saturated carbocycles. The molecule has 4 rings (SSSR count). The molecule has 4 aromatic rings. The van der Waals surface area contributed by atoms with E-state index in [-0.39, 0.29) is 12.1 Å². The number of carbonyl (C=O) groups is 1. The summed E-state index contributed by atoms with van der Waals surface area (Å²) >= 11 is 0. The minimum Gasteiger partial charge on any atom is -0.480 e. The Labute approximate surface area is 167 Å². The van der Waals surface area contributed by atoms with Gasteiger partial charge in [0.25, 0.3) is 5.56 Å². The van der Waals surface area contributed by atoms with Gasteiger partial charge in [0.1, 0.15) is 6.54 Å². The molecule has 0 unspecified atom stereocenters. The van der Waals surface area contributed by atoms with Gasteiger partial charge in [-0.05, 0) is 37.6 Å². The topological polar surface area (TPSA) is 77.1 Å². The highest BCUT2D eigenvalue weighted by Crippen LogP contribution is 2.34. The summed E-state index contributed by atoms with van der Waals surface area (Å²) in [6.45, 7) is 4.13. The first-order valence-electron chi connectivity index (χ1n) is 9.38. The van der Waals surface area contributed by atoms with Gasteiger partial charge < -0.3 is 9.67 Å². The largest absolute Gasteiger partial charge is 0.480 e. The van der Waals surface area contributed by atoms with Crippen LogP contribution in [0.1, 0.15) is 16.8 Å². The second kappa shape index (κ2) is 7.39. The van der Waals surface area contributed by atoms with Crippen molar-refractivity contribution in [3.8, 4) is 11.3 Å². The molecule has 0 saturated heterocycles. The third kappa shape index (κ3) is 3.57. The molecule has 6 heteroatoms. The van der Waals surface area contributed by atoms with Crippen molar-refractivity contribution in [1.82, 2.24) is 14.3 Å². The molecule has 6 nitrogen and oxygen atoms in total. The highest BCUT2D eigenvalue weighted by Gasteiger charge is 2.19. The highest BCUT2D eigenvalue weighted by molar-refractivity contribution is 5.98. The molecule has 0 bridgehead atoms. The van der Waals surface area contributed by atoms with Gasteiger partial charge >= 0.3 is 5.97 Å². The zero-order valence-electron chi connectivity index (χ0n) is 16.3. The average molecular weight is 387 g/mol. The van der Waals surface area contributed by atoms with E-state index in [4.69, 9.17) is 0 Å². The lowest BCUT2D eigenvalue weighted by Crippen LogP contribution is -2.22. The number of carboxylic acid groups (broad SMARTS) is 1. The van der Waals surface area contributed by atoms with Gasteiger partial charge in [0.15, 0.2) is 0 Å². The fourth-order valence-electron chi connectivity index (χ4n) is 3.71. The van der Waals surface area contributed by atoms with E-state index in [9.17, 15) is 14.7 Å². The van der Waals surface area contributed by atoms with Crippen molar-refractivity contribution in [1.29, 1.82) is 0 Å². The van der Waals surface area contributed by atoms with Crippen LogP contribution in [-0.4, -0.2) is 25.4 Å². The van der Waals surface area contributed by atoms with Crippen LogP contribution in [0.15, 0.2) is 65.5 Å². The molecule has 1 N–H and O–H groups in total. The number of nitrogens with zero attached hydrogens (tertiary/aromatic N) is 3. The first-order chi connectivity index (χ1) is 13.9. The zero-order chi connectivity index (χ0) is 20.5. The maximum Gasteiger partial charge on any atom is 0.323 e. The quantitative estimate of drug-likeness (QED) is 0.567. The molecule has 0 atom stereocenters. The van der Waals surface area contributed by atoms with Crippen LogP contribution in [0.3, 0.4) is 0 Å². The molecular weight excluding hydrogens is 366 g/mol. The van der Waals surface area contributed by atoms with E-state index in [2.05, 4.69) is 5.10 Å². The number of benzene rings is 2. The lowest BCUT2D eigenvalue weighted by Gasteiger charge is -2.08. The van der Waals surface area contributed by atoms with E-state index in [1.165, 1.54) is 10.7 Å². The summed E-state index contributed by atoms with van der Waals surface area (Å²) < 4.78 is 3.22. The van der Waals surface area contributed by atoms with Gasteiger partial charge in [0, 0.05) is 28.2 Å². The summed E-state index contributed by atoms with van der Waals surface area (Å²) in [7, 11) is 0. The second-order valence-corrected chi connectivity index (χ2v) is 7.16. The maximum absolute atomic E-state index is 12.4. The average Bonchev–Trinajstić information content (AvgIpc) is 2.95. The van der Waals surface area contributed by atoms with Crippen LogP contribution >= 0.6 is 0 Å². The molecule has 29 heavy (non-hydrogen) atoms. The van der Waals surface area contributed by atoms with Gasteiger partial charge in [-0.25, -0.2) is 4.68 Å². The van der Waals surface area contributed by atoms with Crippen molar-refractivity contribution in [3.05, 3.63) is 87.8 Å². The van der Waals surface area contributed by atoms with Gasteiger partial charge in [0.2, 0.25) is 0 Å². The van der Waals surface area contributed by atoms with E-state index >= 15 is 0 Å². The Bertz CT molecular complexity index is 1270. The van der Waals surface area contributed by atoms with E-state index in [0.29, 0.717) is 12.2 Å². The van der Waals surface area contributed by atoms with Crippen molar-refractivity contribution in [3.63, 3.8) is 0 Å². The Morgan fingerprint density at radius 1 is 1.03 bits per heavy atom. The number of aryl methyl sites for hydroxylation is 1. The summed E-state index contributed by atoms with van der Waals surface area (Å²) in [6.07, 6.45) is 0. The predicted octanol–water partition coefficient (Wildman–Crippen LogP) is 3.61. The SMILES string of the molecule is Cc1ccc2c(c1)c(-c1ccc(=O)n(Cc3ccccc3)n1)c(C)n2CC(=O)O. The molecule has 2 aromatic heterocycles. The summed E-state index contributed by atoms with van der Waals surface area (Å²) in [5.74, 6) is -0.904. The molecule has 0 fully saturated rings. The molecule has 2 heterocycles. The van der Waals surface area contributed by atoms with Crippen LogP contribution in [0.4, 0.5) is 0 Å². The van der Waals surface area contributed by atoms with Crippen LogP contribution in [-0.2, 0) is 17.9 Å². The van der Waals surface area contributed by atoms with Crippen LogP contribution in [0.5, 0.6) is 0 Å². The monoisotopic (exact) mass is 387 g/mol. The van der Waals surface area contributed by atoms with Crippen molar-refractivity contribution in [2.75, 3.05) is 0 Å². The molecule has 0 aliphatic rings. The summed E-state index contributed by atoms with van der Waals surface area (Å²) in [5, 5.41) is 14.9. The molecule has 0 spiro atoms. The van der Waals surface area contributed by atoms with E-state index in [0.717, 1.165) is 33.3 Å². The first-order valence-corrected chi connectivity index (χ1v) is 9.38. The van der Waals surface area contributed by atoms with E-state index in [1.807, 2.05) is 62.4 Å². The number of hydrogen-bond donors (Lipinski definition) is 1. The number of aromatic nitrogens is 3. The normalized spacial score (nSPS) is 11.1. The molecular formula is C23H21N3O3. The number of aliphatic carboxylic acids is 1.